The molecule has 1 saturated heterocycles. The largest absolute Gasteiger partial charge is 0.457 e. The van der Waals surface area contributed by atoms with E-state index in [2.05, 4.69) is 39.4 Å². The fourth-order valence-electron chi connectivity index (χ4n) is 2.83. The summed E-state index contributed by atoms with van der Waals surface area (Å²) in [5.74, 6) is 2.62. The molecular formula is C18H20BrNO. The van der Waals surface area contributed by atoms with Crippen molar-refractivity contribution in [2.45, 2.75) is 19.3 Å². The average molecular weight is 346 g/mol. The number of benzene rings is 2. The molecule has 0 atom stereocenters. The van der Waals surface area contributed by atoms with E-state index in [-0.39, 0.29) is 0 Å². The van der Waals surface area contributed by atoms with Gasteiger partial charge in [0.25, 0.3) is 0 Å². The van der Waals surface area contributed by atoms with Crippen LogP contribution in [0.4, 0.5) is 0 Å². The van der Waals surface area contributed by atoms with E-state index in [1.807, 2.05) is 30.3 Å². The van der Waals surface area contributed by atoms with Crippen LogP contribution in [0.5, 0.6) is 11.5 Å². The summed E-state index contributed by atoms with van der Waals surface area (Å²) in [6.45, 7) is 2.28. The van der Waals surface area contributed by atoms with Crippen molar-refractivity contribution in [1.82, 2.24) is 5.32 Å². The lowest BCUT2D eigenvalue weighted by atomic mass is 9.90. The van der Waals surface area contributed by atoms with Gasteiger partial charge in [-0.1, -0.05) is 40.2 Å². The molecule has 0 spiro atoms. The number of piperidine rings is 1. The molecule has 0 radical (unpaired) electrons. The number of nitrogens with one attached hydrogen (secondary N) is 1. The lowest BCUT2D eigenvalue weighted by Gasteiger charge is -2.23. The van der Waals surface area contributed by atoms with Gasteiger partial charge in [-0.2, -0.15) is 0 Å². The smallest absolute Gasteiger partial charge is 0.130 e. The SMILES string of the molecule is Brc1cccc(Oc2ccccc2CC2CCNCC2)c1. The zero-order valence-electron chi connectivity index (χ0n) is 12.0. The highest BCUT2D eigenvalue weighted by Gasteiger charge is 2.15. The molecule has 0 saturated carbocycles. The van der Waals surface area contributed by atoms with E-state index < -0.39 is 0 Å². The molecule has 0 bridgehead atoms. The molecule has 1 fully saturated rings. The minimum Gasteiger partial charge on any atom is -0.457 e. The maximum Gasteiger partial charge on any atom is 0.130 e. The van der Waals surface area contributed by atoms with Crippen molar-refractivity contribution in [3.63, 3.8) is 0 Å². The lowest BCUT2D eigenvalue weighted by molar-refractivity contribution is 0.367. The Labute approximate surface area is 134 Å². The Balaban J connectivity index is 1.75. The van der Waals surface area contributed by atoms with Gasteiger partial charge in [-0.3, -0.25) is 0 Å². The van der Waals surface area contributed by atoms with Crippen molar-refractivity contribution in [1.29, 1.82) is 0 Å². The summed E-state index contributed by atoms with van der Waals surface area (Å²) in [6.07, 6.45) is 3.61. The Hall–Kier alpha value is -1.32. The minimum absolute atomic E-state index is 0.763. The Kier molecular flexibility index (Phi) is 4.94. The molecule has 1 N–H and O–H groups in total. The monoisotopic (exact) mass is 345 g/mol. The Bertz CT molecular complexity index is 593. The maximum atomic E-state index is 6.09. The van der Waals surface area contributed by atoms with Crippen LogP contribution in [0.1, 0.15) is 18.4 Å². The van der Waals surface area contributed by atoms with Crippen molar-refractivity contribution < 1.29 is 4.74 Å². The predicted octanol–water partition coefficient (Wildman–Crippen LogP) is 4.78. The molecule has 1 aliphatic rings. The van der Waals surface area contributed by atoms with Gasteiger partial charge in [-0.05, 0) is 68.1 Å². The van der Waals surface area contributed by atoms with E-state index in [9.17, 15) is 0 Å². The zero-order chi connectivity index (χ0) is 14.5. The number of hydrogen-bond donors (Lipinski definition) is 1. The van der Waals surface area contributed by atoms with E-state index in [1.165, 1.54) is 18.4 Å². The van der Waals surface area contributed by atoms with E-state index in [0.29, 0.717) is 0 Å². The third-order valence-electron chi connectivity index (χ3n) is 3.96. The molecule has 2 aromatic rings. The van der Waals surface area contributed by atoms with Gasteiger partial charge < -0.3 is 10.1 Å². The van der Waals surface area contributed by atoms with E-state index >= 15 is 0 Å². The fraction of sp³-hybridized carbons (Fsp3) is 0.333. The van der Waals surface area contributed by atoms with Gasteiger partial charge in [0.2, 0.25) is 0 Å². The summed E-state index contributed by atoms with van der Waals surface area (Å²) in [5, 5.41) is 3.42. The van der Waals surface area contributed by atoms with Gasteiger partial charge in [0.1, 0.15) is 11.5 Å². The number of para-hydroxylation sites is 1. The normalized spacial score (nSPS) is 15.9. The number of halogens is 1. The molecule has 21 heavy (non-hydrogen) atoms. The Morgan fingerprint density at radius 3 is 2.67 bits per heavy atom. The summed E-state index contributed by atoms with van der Waals surface area (Å²) >= 11 is 3.49. The van der Waals surface area contributed by atoms with E-state index in [4.69, 9.17) is 4.74 Å². The topological polar surface area (TPSA) is 21.3 Å². The van der Waals surface area contributed by atoms with Crippen LogP contribution in [0.15, 0.2) is 53.0 Å². The third-order valence-corrected chi connectivity index (χ3v) is 4.46. The highest BCUT2D eigenvalue weighted by molar-refractivity contribution is 9.10. The molecule has 2 aromatic carbocycles. The summed E-state index contributed by atoms with van der Waals surface area (Å²) < 4.78 is 7.12. The highest BCUT2D eigenvalue weighted by Crippen LogP contribution is 2.30. The van der Waals surface area contributed by atoms with Gasteiger partial charge >= 0.3 is 0 Å². The van der Waals surface area contributed by atoms with E-state index in [1.54, 1.807) is 0 Å². The van der Waals surface area contributed by atoms with Crippen molar-refractivity contribution in [2.24, 2.45) is 5.92 Å². The molecule has 3 heteroatoms. The second-order valence-corrected chi connectivity index (χ2v) is 6.48. The van der Waals surface area contributed by atoms with Crippen LogP contribution < -0.4 is 10.1 Å². The molecule has 2 nitrogen and oxygen atoms in total. The molecule has 3 rings (SSSR count). The summed E-state index contributed by atoms with van der Waals surface area (Å²) in [5.41, 5.74) is 1.31. The quantitative estimate of drug-likeness (QED) is 0.860. The second-order valence-electron chi connectivity index (χ2n) is 5.56. The van der Waals surface area contributed by atoms with Crippen molar-refractivity contribution in [3.05, 3.63) is 58.6 Å². The van der Waals surface area contributed by atoms with Crippen LogP contribution in [0.2, 0.25) is 0 Å². The fourth-order valence-corrected chi connectivity index (χ4v) is 3.20. The van der Waals surface area contributed by atoms with Crippen LogP contribution in [0, 0.1) is 5.92 Å². The molecule has 0 aliphatic carbocycles. The Morgan fingerprint density at radius 1 is 1.05 bits per heavy atom. The minimum atomic E-state index is 0.763. The van der Waals surface area contributed by atoms with Crippen LogP contribution in [0.3, 0.4) is 0 Å². The lowest BCUT2D eigenvalue weighted by Crippen LogP contribution is -2.28. The predicted molar refractivity (Wildman–Crippen MR) is 90.0 cm³/mol. The van der Waals surface area contributed by atoms with E-state index in [0.717, 1.165) is 41.4 Å². The third kappa shape index (κ3) is 4.08. The average Bonchev–Trinajstić information content (AvgIpc) is 2.50. The van der Waals surface area contributed by atoms with Gasteiger partial charge in [-0.15, -0.1) is 0 Å². The summed E-state index contributed by atoms with van der Waals surface area (Å²) in [7, 11) is 0. The second kappa shape index (κ2) is 7.10. The van der Waals surface area contributed by atoms with Crippen molar-refractivity contribution >= 4 is 15.9 Å². The standard InChI is InChI=1S/C18H20BrNO/c19-16-5-3-6-17(13-16)21-18-7-2-1-4-15(18)12-14-8-10-20-11-9-14/h1-7,13-14,20H,8-12H2. The molecule has 110 valence electrons. The van der Waals surface area contributed by atoms with Crippen LogP contribution in [0.25, 0.3) is 0 Å². The first-order chi connectivity index (χ1) is 10.3. The molecule has 1 aliphatic heterocycles. The molecule has 1 heterocycles. The van der Waals surface area contributed by atoms with Gasteiger partial charge in [-0.25, -0.2) is 0 Å². The van der Waals surface area contributed by atoms with Gasteiger partial charge in [0, 0.05) is 4.47 Å². The molecule has 0 amide bonds. The summed E-state index contributed by atoms with van der Waals surface area (Å²) in [6, 6.07) is 16.4. The van der Waals surface area contributed by atoms with Gasteiger partial charge in [0.15, 0.2) is 0 Å². The Morgan fingerprint density at radius 2 is 1.86 bits per heavy atom. The first kappa shape index (κ1) is 14.6. The van der Waals surface area contributed by atoms with Crippen LogP contribution >= 0.6 is 15.9 Å². The number of hydrogen-bond acceptors (Lipinski definition) is 2. The zero-order valence-corrected chi connectivity index (χ0v) is 13.6. The van der Waals surface area contributed by atoms with Crippen molar-refractivity contribution in [3.8, 4) is 11.5 Å². The molecule has 0 unspecified atom stereocenters. The molecule has 0 aromatic heterocycles. The van der Waals surface area contributed by atoms with Crippen LogP contribution in [-0.4, -0.2) is 13.1 Å². The number of rotatable bonds is 4. The highest BCUT2D eigenvalue weighted by atomic mass is 79.9. The maximum absolute atomic E-state index is 6.09. The first-order valence-electron chi connectivity index (χ1n) is 7.53. The molecular weight excluding hydrogens is 326 g/mol. The van der Waals surface area contributed by atoms with Gasteiger partial charge in [0.05, 0.1) is 0 Å². The van der Waals surface area contributed by atoms with Crippen molar-refractivity contribution in [2.75, 3.05) is 13.1 Å². The number of ether oxygens (including phenoxy) is 1. The van der Waals surface area contributed by atoms with Crippen LogP contribution in [-0.2, 0) is 6.42 Å². The first-order valence-corrected chi connectivity index (χ1v) is 8.32. The summed E-state index contributed by atoms with van der Waals surface area (Å²) in [4.78, 5) is 0.